The molecule has 0 aromatic carbocycles. The normalized spacial score (nSPS) is 33.2. The van der Waals surface area contributed by atoms with Crippen molar-refractivity contribution in [1.29, 1.82) is 0 Å². The number of fused-ring (bicyclic) bond motifs is 2. The smallest absolute Gasteiger partial charge is 0.316 e. The number of hydrogen-bond donors (Lipinski definition) is 2. The highest BCUT2D eigenvalue weighted by Gasteiger charge is 2.77. The molecule has 2 saturated carbocycles. The van der Waals surface area contributed by atoms with Gasteiger partial charge in [0.25, 0.3) is 0 Å². The van der Waals surface area contributed by atoms with Gasteiger partial charge in [-0.15, -0.1) is 0 Å². The third kappa shape index (κ3) is 1.64. The van der Waals surface area contributed by atoms with E-state index in [1.165, 1.54) is 12.3 Å². The van der Waals surface area contributed by atoms with Crippen LogP contribution >= 0.6 is 0 Å². The summed E-state index contributed by atoms with van der Waals surface area (Å²) in [6, 6.07) is 3.00. The molecule has 2 atom stereocenters. The molecular weight excluding hydrogens is 300 g/mol. The van der Waals surface area contributed by atoms with Gasteiger partial charge >= 0.3 is 11.9 Å². The SMILES string of the molecule is CC1(C)[C@]2(C)CC[C@@]1(C(=O)O)/C(=N/NC(=O)c1ccco1)C2=O. The zero-order valence-corrected chi connectivity index (χ0v) is 13.2. The third-order valence-electron chi connectivity index (χ3n) is 5.95. The van der Waals surface area contributed by atoms with Crippen molar-refractivity contribution in [3.05, 3.63) is 24.2 Å². The Morgan fingerprint density at radius 1 is 1.30 bits per heavy atom. The van der Waals surface area contributed by atoms with Crippen molar-refractivity contribution in [2.24, 2.45) is 21.3 Å². The lowest BCUT2D eigenvalue weighted by Crippen LogP contribution is -2.45. The average Bonchev–Trinajstić information content (AvgIpc) is 3.10. The Kier molecular flexibility index (Phi) is 3.05. The first-order valence-electron chi connectivity index (χ1n) is 7.39. The summed E-state index contributed by atoms with van der Waals surface area (Å²) in [5.74, 6) is -1.97. The van der Waals surface area contributed by atoms with Gasteiger partial charge in [0.1, 0.15) is 11.1 Å². The Morgan fingerprint density at radius 3 is 2.57 bits per heavy atom. The van der Waals surface area contributed by atoms with Crippen LogP contribution in [0.15, 0.2) is 27.9 Å². The number of Topliss-reactive ketones (excluding diaryl/α,β-unsaturated/α-hetero) is 1. The van der Waals surface area contributed by atoms with Crippen molar-refractivity contribution < 1.29 is 23.9 Å². The van der Waals surface area contributed by atoms with E-state index >= 15 is 0 Å². The van der Waals surface area contributed by atoms with E-state index in [4.69, 9.17) is 4.42 Å². The third-order valence-corrected chi connectivity index (χ3v) is 5.95. The molecule has 0 spiro atoms. The number of ketones is 1. The van der Waals surface area contributed by atoms with E-state index in [-0.39, 0.29) is 17.3 Å². The van der Waals surface area contributed by atoms with Crippen molar-refractivity contribution >= 4 is 23.4 Å². The molecule has 3 rings (SSSR count). The van der Waals surface area contributed by atoms with Crippen LogP contribution in [-0.2, 0) is 9.59 Å². The molecule has 1 heterocycles. The van der Waals surface area contributed by atoms with E-state index in [2.05, 4.69) is 10.5 Å². The van der Waals surface area contributed by atoms with Gasteiger partial charge in [-0.25, -0.2) is 5.43 Å². The lowest BCUT2D eigenvalue weighted by atomic mass is 9.65. The molecule has 1 aromatic rings. The van der Waals surface area contributed by atoms with E-state index in [9.17, 15) is 19.5 Å². The molecule has 2 N–H and O–H groups in total. The molecule has 0 unspecified atom stereocenters. The number of aliphatic carboxylic acids is 1. The zero-order chi connectivity index (χ0) is 17.0. The van der Waals surface area contributed by atoms with Crippen LogP contribution in [0.3, 0.4) is 0 Å². The monoisotopic (exact) mass is 318 g/mol. The molecule has 0 aliphatic heterocycles. The molecule has 2 aliphatic carbocycles. The molecule has 0 radical (unpaired) electrons. The van der Waals surface area contributed by atoms with E-state index < -0.39 is 28.1 Å². The quantitative estimate of drug-likeness (QED) is 0.827. The van der Waals surface area contributed by atoms with Crippen molar-refractivity contribution in [3.8, 4) is 0 Å². The summed E-state index contributed by atoms with van der Waals surface area (Å²) in [6.45, 7) is 5.34. The maximum absolute atomic E-state index is 12.7. The Morgan fingerprint density at radius 2 is 2.00 bits per heavy atom. The zero-order valence-electron chi connectivity index (χ0n) is 13.2. The minimum atomic E-state index is -1.38. The maximum atomic E-state index is 12.7. The molecule has 7 heteroatoms. The summed E-state index contributed by atoms with van der Waals surface area (Å²) < 4.78 is 4.95. The lowest BCUT2D eigenvalue weighted by Gasteiger charge is -2.36. The summed E-state index contributed by atoms with van der Waals surface area (Å²) in [6.07, 6.45) is 2.16. The predicted molar refractivity (Wildman–Crippen MR) is 79.8 cm³/mol. The Hall–Kier alpha value is -2.44. The first kappa shape index (κ1) is 15.5. The van der Waals surface area contributed by atoms with Gasteiger partial charge in [-0.1, -0.05) is 20.8 Å². The average molecular weight is 318 g/mol. The van der Waals surface area contributed by atoms with E-state index in [0.717, 1.165) is 0 Å². The lowest BCUT2D eigenvalue weighted by molar-refractivity contribution is -0.149. The van der Waals surface area contributed by atoms with Crippen molar-refractivity contribution in [2.75, 3.05) is 0 Å². The second-order valence-electron chi connectivity index (χ2n) is 6.88. The van der Waals surface area contributed by atoms with Crippen LogP contribution in [0.4, 0.5) is 0 Å². The first-order valence-corrected chi connectivity index (χ1v) is 7.39. The largest absolute Gasteiger partial charge is 0.481 e. The van der Waals surface area contributed by atoms with Crippen LogP contribution in [0.1, 0.15) is 44.2 Å². The van der Waals surface area contributed by atoms with Gasteiger partial charge in [0.15, 0.2) is 11.5 Å². The van der Waals surface area contributed by atoms with Gasteiger partial charge in [0, 0.05) is 5.41 Å². The first-order chi connectivity index (χ1) is 10.7. The number of hydrazone groups is 1. The summed E-state index contributed by atoms with van der Waals surface area (Å²) in [4.78, 5) is 36.7. The number of furan rings is 1. The number of carbonyl (C=O) groups excluding carboxylic acids is 2. The minimum Gasteiger partial charge on any atom is -0.481 e. The van der Waals surface area contributed by atoms with Crippen LogP contribution in [0.5, 0.6) is 0 Å². The number of rotatable bonds is 3. The van der Waals surface area contributed by atoms with Crippen LogP contribution in [-0.4, -0.2) is 28.5 Å². The Balaban J connectivity index is 2.02. The minimum absolute atomic E-state index is 0.0415. The highest BCUT2D eigenvalue weighted by molar-refractivity contribution is 6.50. The van der Waals surface area contributed by atoms with Crippen LogP contribution < -0.4 is 5.43 Å². The fourth-order valence-electron chi connectivity index (χ4n) is 3.99. The summed E-state index contributed by atoms with van der Waals surface area (Å²) in [5, 5.41) is 13.7. The molecule has 0 saturated heterocycles. The molecule has 2 fully saturated rings. The summed E-state index contributed by atoms with van der Waals surface area (Å²) >= 11 is 0. The van der Waals surface area contributed by atoms with Crippen LogP contribution in [0.2, 0.25) is 0 Å². The molecule has 122 valence electrons. The Bertz CT molecular complexity index is 734. The Labute approximate surface area is 132 Å². The topological polar surface area (TPSA) is 109 Å². The van der Waals surface area contributed by atoms with Crippen molar-refractivity contribution in [3.63, 3.8) is 0 Å². The standard InChI is InChI=1S/C16H18N2O5/c1-14(2)15(3)6-7-16(14,13(21)22)10(11(15)19)17-18-12(20)9-5-4-8-23-9/h4-5,8H,6-7H2,1-3H3,(H,18,20)(H,21,22)/b17-10+/t15-,16+/m1/s1. The molecule has 1 aromatic heterocycles. The highest BCUT2D eigenvalue weighted by atomic mass is 16.4. The molecule has 23 heavy (non-hydrogen) atoms. The van der Waals surface area contributed by atoms with Gasteiger partial charge < -0.3 is 9.52 Å². The van der Waals surface area contributed by atoms with Crippen molar-refractivity contribution in [1.82, 2.24) is 5.43 Å². The second kappa shape index (κ2) is 4.53. The van der Waals surface area contributed by atoms with Crippen molar-refractivity contribution in [2.45, 2.75) is 33.6 Å². The number of carboxylic acid groups (broad SMARTS) is 1. The van der Waals surface area contributed by atoms with E-state index in [1.54, 1.807) is 26.8 Å². The van der Waals surface area contributed by atoms with Gasteiger partial charge in [-0.2, -0.15) is 5.10 Å². The second-order valence-corrected chi connectivity index (χ2v) is 6.88. The van der Waals surface area contributed by atoms with E-state index in [0.29, 0.717) is 12.8 Å². The molecule has 2 aliphatic rings. The number of amides is 1. The van der Waals surface area contributed by atoms with Gasteiger partial charge in [0.05, 0.1) is 6.26 Å². The molecule has 7 nitrogen and oxygen atoms in total. The van der Waals surface area contributed by atoms with Crippen LogP contribution in [0.25, 0.3) is 0 Å². The number of carboxylic acids is 1. The van der Waals surface area contributed by atoms with E-state index in [1.807, 2.05) is 0 Å². The van der Waals surface area contributed by atoms with Crippen LogP contribution in [0, 0.1) is 16.2 Å². The van der Waals surface area contributed by atoms with Gasteiger partial charge in [-0.3, -0.25) is 14.4 Å². The molecular formula is C16H18N2O5. The number of nitrogens with one attached hydrogen (secondary N) is 1. The summed E-state index contributed by atoms with van der Waals surface area (Å²) in [5.41, 5.74) is -0.784. The number of hydrogen-bond acceptors (Lipinski definition) is 5. The number of nitrogens with zero attached hydrogens (tertiary/aromatic N) is 1. The molecule has 2 bridgehead atoms. The highest BCUT2D eigenvalue weighted by Crippen LogP contribution is 2.69. The fourth-order valence-corrected chi connectivity index (χ4v) is 3.99. The summed E-state index contributed by atoms with van der Waals surface area (Å²) in [7, 11) is 0. The fraction of sp³-hybridized carbons (Fsp3) is 0.500. The van der Waals surface area contributed by atoms with Gasteiger partial charge in [-0.05, 0) is 30.4 Å². The maximum Gasteiger partial charge on any atom is 0.316 e. The number of carbonyl (C=O) groups is 3. The predicted octanol–water partition coefficient (Wildman–Crippen LogP) is 1.85. The molecule has 1 amide bonds. The van der Waals surface area contributed by atoms with Gasteiger partial charge in [0.2, 0.25) is 0 Å².